The van der Waals surface area contributed by atoms with Crippen molar-refractivity contribution in [1.29, 1.82) is 0 Å². The molecule has 15 aromatic rings. The topological polar surface area (TPSA) is 385 Å². The van der Waals surface area contributed by atoms with Gasteiger partial charge in [0.2, 0.25) is 11.8 Å². The highest BCUT2D eigenvalue weighted by Crippen LogP contribution is 2.33. The molecule has 0 aliphatic heterocycles. The molecule has 0 saturated heterocycles. The fraction of sp³-hybridized carbons (Fsp3) is 0.225. The zero-order valence-electron chi connectivity index (χ0n) is 69.5. The number of thiazole rings is 3. The van der Waals surface area contributed by atoms with Crippen LogP contribution in [0.3, 0.4) is 0 Å². The molecular weight excluding hydrogens is 1620 g/mol. The second kappa shape index (κ2) is 36.8. The number of anilines is 6. The fourth-order valence-corrected chi connectivity index (χ4v) is 17.1. The molecule has 34 heteroatoms. The summed E-state index contributed by atoms with van der Waals surface area (Å²) >= 11 is 4.69. The van der Waals surface area contributed by atoms with Gasteiger partial charge in [0.15, 0.2) is 51.7 Å². The molecule has 0 unspecified atom stereocenters. The maximum absolute atomic E-state index is 14.1. The fourth-order valence-electron chi connectivity index (χ4n) is 14.1. The van der Waals surface area contributed by atoms with Crippen molar-refractivity contribution in [3.05, 3.63) is 284 Å². The maximum Gasteiger partial charge on any atom is 0.339 e. The van der Waals surface area contributed by atoms with Gasteiger partial charge in [0.25, 0.3) is 0 Å². The predicted molar refractivity (Wildman–Crippen MR) is 484 cm³/mol. The van der Waals surface area contributed by atoms with Crippen LogP contribution in [-0.2, 0) is 41.7 Å². The largest absolute Gasteiger partial charge is 0.388 e. The van der Waals surface area contributed by atoms with Gasteiger partial charge < -0.3 is 42.1 Å². The van der Waals surface area contributed by atoms with Crippen LogP contribution in [0, 0.1) is 27.7 Å². The number of carbonyl (C=O) groups excluding carboxylic acids is 5. The number of likely N-dealkylation sites (N-methyl/N-ethyl adjacent to an activating group) is 4. The second-order valence-corrected chi connectivity index (χ2v) is 33.5. The predicted octanol–water partition coefficient (Wildman–Crippen LogP) is 11.4. The van der Waals surface area contributed by atoms with Crippen molar-refractivity contribution in [2.24, 2.45) is 0 Å². The van der Waals surface area contributed by atoms with Crippen molar-refractivity contribution in [3.63, 3.8) is 0 Å². The summed E-state index contributed by atoms with van der Waals surface area (Å²) in [4.78, 5) is 156. The van der Waals surface area contributed by atoms with Crippen molar-refractivity contribution in [2.75, 3.05) is 94.7 Å². The van der Waals surface area contributed by atoms with Crippen LogP contribution in [0.25, 0.3) is 67.6 Å². The van der Waals surface area contributed by atoms with Crippen LogP contribution in [0.5, 0.6) is 0 Å². The van der Waals surface area contributed by atoms with Crippen LogP contribution in [0.2, 0.25) is 0 Å². The van der Waals surface area contributed by atoms with Crippen molar-refractivity contribution < 1.29 is 24.0 Å². The Morgan fingerprint density at radius 1 is 0.423 bits per heavy atom. The summed E-state index contributed by atoms with van der Waals surface area (Å²) in [5.41, 5.74) is 29.6. The third-order valence-corrected chi connectivity index (χ3v) is 24.0. The number of nitrogen functional groups attached to an aromatic ring is 3. The first-order valence-electron chi connectivity index (χ1n) is 39.3. The third kappa shape index (κ3) is 18.3. The molecule has 2 amide bonds. The Hall–Kier alpha value is -14.2. The van der Waals surface area contributed by atoms with Gasteiger partial charge >= 0.3 is 17.1 Å². The van der Waals surface area contributed by atoms with E-state index in [0.717, 1.165) is 66.8 Å². The Kier molecular flexibility index (Phi) is 25.5. The lowest BCUT2D eigenvalue weighted by Gasteiger charge is -2.16. The molecule has 31 nitrogen and oxygen atoms in total. The first-order valence-corrected chi connectivity index (χ1v) is 41.7. The number of carbonyl (C=O) groups is 5. The molecule has 0 spiro atoms. The molecule has 0 radical (unpaired) electrons. The molecule has 0 saturated carbocycles. The SMILES string of the molecule is CN(C)C/C=C/C(=O)N(C)c1cccc(-n2c(=O)n(-c3ccc(C(=O)Cc4nc5c(s4)CCCC5)cc3)c3c(N)ncnc32)c1.CNc1cccc(-n2c(=O)n(-c3ccc(C(=O)Cc4nc(C)c(C)s4)cc3)c3c(N)ncnc32)c1.Cc1nc(CC(=O)c2ccc(-n3c(=O)n(-c4cccc(N(C)C(=O)/C=C/CN(C)C)c4)c4ncnc(N)c43)cc2)sc1C. The summed E-state index contributed by atoms with van der Waals surface area (Å²) in [5.74, 6) is -0.0721. The molecule has 626 valence electrons. The monoisotopic (exact) mass is 1700 g/mol. The van der Waals surface area contributed by atoms with Gasteiger partial charge in [-0.2, -0.15) is 0 Å². The quantitative estimate of drug-likeness (QED) is 0.0322. The average Bonchev–Trinajstić information content (AvgIpc) is 1.60. The summed E-state index contributed by atoms with van der Waals surface area (Å²) in [6.07, 6.45) is 15.6. The van der Waals surface area contributed by atoms with Gasteiger partial charge in [-0.3, -0.25) is 37.7 Å². The van der Waals surface area contributed by atoms with Crippen molar-refractivity contribution in [3.8, 4) is 34.1 Å². The molecule has 1 aliphatic rings. The number of hydrogen-bond donors (Lipinski definition) is 4. The number of hydrogen-bond acceptors (Lipinski definition) is 26. The van der Waals surface area contributed by atoms with E-state index in [1.807, 2.05) is 97.0 Å². The van der Waals surface area contributed by atoms with Crippen LogP contribution in [0.15, 0.2) is 203 Å². The number of fused-ring (bicyclic) bond motifs is 4. The van der Waals surface area contributed by atoms with E-state index >= 15 is 0 Å². The number of imidazole rings is 3. The van der Waals surface area contributed by atoms with E-state index < -0.39 is 11.4 Å². The Bertz CT molecular complexity index is 6760. The van der Waals surface area contributed by atoms with Crippen LogP contribution >= 0.6 is 34.0 Å². The first-order chi connectivity index (χ1) is 59.1. The number of rotatable bonds is 24. The van der Waals surface area contributed by atoms with Gasteiger partial charge in [0, 0.05) is 94.8 Å². The number of ketones is 3. The highest BCUT2D eigenvalue weighted by Gasteiger charge is 2.27. The minimum absolute atomic E-state index is 0.0303. The van der Waals surface area contributed by atoms with Gasteiger partial charge in [-0.15, -0.1) is 34.0 Å². The normalized spacial score (nSPS) is 12.0. The molecule has 16 rings (SSSR count). The minimum atomic E-state index is -0.424. The summed E-state index contributed by atoms with van der Waals surface area (Å²) in [5, 5.41) is 5.49. The molecule has 0 atom stereocenters. The molecule has 6 aromatic carbocycles. The van der Waals surface area contributed by atoms with Crippen molar-refractivity contribution in [1.82, 2.24) is 82.1 Å². The number of nitrogens with two attached hydrogens (primary N) is 3. The van der Waals surface area contributed by atoms with E-state index in [4.69, 9.17) is 22.2 Å². The van der Waals surface area contributed by atoms with Crippen LogP contribution in [-0.4, -0.2) is 174 Å². The minimum Gasteiger partial charge on any atom is -0.388 e. The third-order valence-electron chi connectivity index (χ3n) is 20.7. The molecule has 9 heterocycles. The molecular formula is C89H89N23O8S3. The standard InChI is InChI=1S/C33H34N8O3S.C31H32N8O3S.C25H23N7O2S/c1-38(2)17-7-12-29(43)39(3)23-8-6-9-24(18-23)41-32-30(31(34)35-20-36-32)40(33(41)44)22-15-13-21(14-16-22)26(42)19-28-37-25-10-4-5-11-27(25)45-28;1-19-20(2)43-26(35-19)17-25(40)21-11-13-22(14-12-21)38-28-29(32)33-18-34-30(28)39(31(38)42)24-9-6-8-23(16-24)37(5)27(41)10-7-15-36(3)4;1-14-15(2)35-21(30-14)12-20(33)16-7-9-18(10-8-16)31-22-23(26)28-13-29-24(22)32(25(31)34)19-6-4-5-17(11-19)27-3/h6-9,12-16,18,20H,4-5,10-11,17,19H2,1-3H3,(H2,34,35,36);6-14,16,18H,15,17H2,1-5H3,(H2,32,33,34);4-11,13,27H,12H2,1-3H3,(H2,26,28,29)/b12-7+;10-7+;. The van der Waals surface area contributed by atoms with E-state index in [-0.39, 0.29) is 71.6 Å². The highest BCUT2D eigenvalue weighted by atomic mass is 32.1. The Balaban J connectivity index is 0.000000152. The second-order valence-electron chi connectivity index (χ2n) is 29.7. The summed E-state index contributed by atoms with van der Waals surface area (Å²) in [6, 6.07) is 42.1. The van der Waals surface area contributed by atoms with Gasteiger partial charge in [-0.25, -0.2) is 72.9 Å². The number of nitrogens with zero attached hydrogens (tertiary/aromatic N) is 19. The Labute approximate surface area is 718 Å². The Morgan fingerprint density at radius 2 is 0.772 bits per heavy atom. The average molecular weight is 1710 g/mol. The van der Waals surface area contributed by atoms with E-state index in [9.17, 15) is 38.4 Å². The van der Waals surface area contributed by atoms with Gasteiger partial charge in [0.05, 0.1) is 70.5 Å². The zero-order chi connectivity index (χ0) is 87.2. The smallest absolute Gasteiger partial charge is 0.339 e. The lowest BCUT2D eigenvalue weighted by atomic mass is 10.0. The van der Waals surface area contributed by atoms with Crippen molar-refractivity contribution in [2.45, 2.75) is 72.6 Å². The number of Topliss-reactive ketones (excluding diaryl/α,β-unsaturated/α-hetero) is 3. The highest BCUT2D eigenvalue weighted by molar-refractivity contribution is 7.12. The van der Waals surface area contributed by atoms with E-state index in [0.29, 0.717) is 109 Å². The Morgan fingerprint density at radius 3 is 1.11 bits per heavy atom. The van der Waals surface area contributed by atoms with Crippen LogP contribution in [0.4, 0.5) is 34.5 Å². The van der Waals surface area contributed by atoms with Gasteiger partial charge in [-0.05, 0) is 209 Å². The molecule has 0 bridgehead atoms. The van der Waals surface area contributed by atoms with Gasteiger partial charge in [0.1, 0.15) is 50.6 Å². The number of nitrogens with one attached hydrogen (secondary N) is 1. The first kappa shape index (κ1) is 85.2. The molecule has 0 fully saturated rings. The molecule has 7 N–H and O–H groups in total. The number of amides is 2. The lowest BCUT2D eigenvalue weighted by Crippen LogP contribution is -2.25. The van der Waals surface area contributed by atoms with E-state index in [1.165, 1.54) is 102 Å². The zero-order valence-corrected chi connectivity index (χ0v) is 71.9. The van der Waals surface area contributed by atoms with Gasteiger partial charge in [-0.1, -0.05) is 30.4 Å². The maximum atomic E-state index is 14.1. The van der Waals surface area contributed by atoms with Crippen LogP contribution in [0.1, 0.15) is 90.7 Å². The van der Waals surface area contributed by atoms with Crippen molar-refractivity contribution >= 4 is 131 Å². The van der Waals surface area contributed by atoms with E-state index in [1.54, 1.807) is 159 Å². The summed E-state index contributed by atoms with van der Waals surface area (Å²) in [6.45, 7) is 9.12. The number of aromatic nitrogens is 15. The lowest BCUT2D eigenvalue weighted by molar-refractivity contribution is -0.114. The summed E-state index contributed by atoms with van der Waals surface area (Å²) in [7, 11) is 12.9. The summed E-state index contributed by atoms with van der Waals surface area (Å²) < 4.78 is 8.72. The van der Waals surface area contributed by atoms with Crippen LogP contribution < -0.4 is 49.4 Å². The number of aryl methyl sites for hydroxylation is 6. The molecule has 1 aliphatic carbocycles. The number of benzene rings is 6. The molecule has 9 aromatic heterocycles. The molecule has 123 heavy (non-hydrogen) atoms. The van der Waals surface area contributed by atoms with E-state index in [2.05, 4.69) is 45.2 Å².